The Balaban J connectivity index is 1.54. The number of aromatic nitrogens is 2. The highest BCUT2D eigenvalue weighted by Gasteiger charge is 2.14. The summed E-state index contributed by atoms with van der Waals surface area (Å²) in [5, 5.41) is 0.617. The van der Waals surface area contributed by atoms with Crippen LogP contribution >= 0.6 is 0 Å². The topological polar surface area (TPSA) is 67.5 Å². The first-order chi connectivity index (χ1) is 12.7. The van der Waals surface area contributed by atoms with E-state index in [1.165, 1.54) is 0 Å². The number of H-pyrrole nitrogens is 1. The van der Waals surface area contributed by atoms with Crippen LogP contribution in [0.3, 0.4) is 0 Å². The highest BCUT2D eigenvalue weighted by molar-refractivity contribution is 5.77. The normalized spacial score (nSPS) is 13.3. The summed E-state index contributed by atoms with van der Waals surface area (Å²) in [7, 11) is 0. The molecule has 0 bridgehead atoms. The molecule has 0 saturated carbocycles. The number of nitrogens with one attached hydrogen (secondary N) is 1. The molecule has 1 aromatic heterocycles. The van der Waals surface area contributed by atoms with Gasteiger partial charge in [0.15, 0.2) is 11.5 Å². The fourth-order valence-corrected chi connectivity index (χ4v) is 3.15. The van der Waals surface area contributed by atoms with Crippen LogP contribution in [0.5, 0.6) is 11.5 Å². The first-order valence-corrected chi connectivity index (χ1v) is 8.82. The van der Waals surface area contributed by atoms with E-state index in [2.05, 4.69) is 21.8 Å². The number of fused-ring (bicyclic) bond motifs is 2. The molecule has 1 aliphatic heterocycles. The van der Waals surface area contributed by atoms with E-state index in [4.69, 9.17) is 9.47 Å². The maximum atomic E-state index is 12.2. The van der Waals surface area contributed by atoms with E-state index in [-0.39, 0.29) is 5.56 Å². The second-order valence-corrected chi connectivity index (χ2v) is 6.31. The van der Waals surface area contributed by atoms with E-state index >= 15 is 0 Å². The van der Waals surface area contributed by atoms with Gasteiger partial charge >= 0.3 is 0 Å². The third kappa shape index (κ3) is 3.41. The molecular weight excluding hydrogens is 330 g/mol. The number of aromatic amines is 1. The zero-order chi connectivity index (χ0) is 17.9. The molecule has 0 radical (unpaired) electrons. The van der Waals surface area contributed by atoms with Crippen LogP contribution in [0.15, 0.2) is 47.3 Å². The Hall–Kier alpha value is -2.86. The Morgan fingerprint density at radius 3 is 2.73 bits per heavy atom. The van der Waals surface area contributed by atoms with Crippen molar-refractivity contribution >= 4 is 10.9 Å². The third-order valence-corrected chi connectivity index (χ3v) is 4.50. The Morgan fingerprint density at radius 1 is 1.08 bits per heavy atom. The van der Waals surface area contributed by atoms with Gasteiger partial charge in [0.2, 0.25) is 0 Å². The van der Waals surface area contributed by atoms with Crippen molar-refractivity contribution in [3.8, 4) is 11.5 Å². The molecule has 6 heteroatoms. The van der Waals surface area contributed by atoms with Crippen molar-refractivity contribution in [3.05, 3.63) is 64.2 Å². The van der Waals surface area contributed by atoms with Crippen LogP contribution in [0.4, 0.5) is 0 Å². The van der Waals surface area contributed by atoms with Gasteiger partial charge in [-0.05, 0) is 36.4 Å². The molecule has 0 atom stereocenters. The molecule has 134 valence electrons. The first kappa shape index (κ1) is 16.6. The fourth-order valence-electron chi connectivity index (χ4n) is 3.15. The van der Waals surface area contributed by atoms with Gasteiger partial charge < -0.3 is 14.5 Å². The van der Waals surface area contributed by atoms with Gasteiger partial charge in [0, 0.05) is 6.54 Å². The zero-order valence-electron chi connectivity index (χ0n) is 14.7. The lowest BCUT2D eigenvalue weighted by molar-refractivity contribution is 0.171. The van der Waals surface area contributed by atoms with Crippen molar-refractivity contribution in [1.82, 2.24) is 14.9 Å². The van der Waals surface area contributed by atoms with E-state index in [9.17, 15) is 4.79 Å². The van der Waals surface area contributed by atoms with Crippen LogP contribution in [-0.2, 0) is 13.1 Å². The second kappa shape index (κ2) is 7.17. The summed E-state index contributed by atoms with van der Waals surface area (Å²) in [5.41, 5.74) is 1.77. The molecule has 0 spiro atoms. The number of nitrogens with zero attached hydrogens (tertiary/aromatic N) is 2. The van der Waals surface area contributed by atoms with Gasteiger partial charge in [0.05, 0.1) is 17.4 Å². The molecule has 4 rings (SSSR count). The Morgan fingerprint density at radius 2 is 1.88 bits per heavy atom. The van der Waals surface area contributed by atoms with Crippen LogP contribution < -0.4 is 15.0 Å². The third-order valence-electron chi connectivity index (χ3n) is 4.50. The monoisotopic (exact) mass is 351 g/mol. The number of hydrogen-bond donors (Lipinski definition) is 1. The standard InChI is InChI=1S/C20H21N3O3/c1-2-23(12-14-7-8-17-18(11-14)26-10-9-25-17)13-19-21-16-6-4-3-5-15(16)20(24)22-19/h3-8,11H,2,9-10,12-13H2,1H3,(H,21,22,24). The molecule has 0 unspecified atom stereocenters. The van der Waals surface area contributed by atoms with Gasteiger partial charge in [-0.25, -0.2) is 4.98 Å². The summed E-state index contributed by atoms with van der Waals surface area (Å²) < 4.78 is 11.2. The van der Waals surface area contributed by atoms with Gasteiger partial charge in [-0.3, -0.25) is 9.69 Å². The van der Waals surface area contributed by atoms with Gasteiger partial charge in [-0.15, -0.1) is 0 Å². The maximum Gasteiger partial charge on any atom is 0.258 e. The minimum absolute atomic E-state index is 0.0963. The van der Waals surface area contributed by atoms with Gasteiger partial charge in [-0.2, -0.15) is 0 Å². The summed E-state index contributed by atoms with van der Waals surface area (Å²) >= 11 is 0. The van der Waals surface area contributed by atoms with Crippen molar-refractivity contribution in [2.45, 2.75) is 20.0 Å². The molecule has 3 aromatic rings. The molecule has 0 fully saturated rings. The maximum absolute atomic E-state index is 12.2. The molecule has 2 aromatic carbocycles. The Labute approximate surface area is 151 Å². The molecule has 26 heavy (non-hydrogen) atoms. The van der Waals surface area contributed by atoms with Gasteiger partial charge in [0.1, 0.15) is 19.0 Å². The summed E-state index contributed by atoms with van der Waals surface area (Å²) in [4.78, 5) is 22.0. The Bertz CT molecular complexity index is 983. The smallest absolute Gasteiger partial charge is 0.258 e. The van der Waals surface area contributed by atoms with Crippen LogP contribution in [0.25, 0.3) is 10.9 Å². The van der Waals surface area contributed by atoms with Gasteiger partial charge in [0.25, 0.3) is 5.56 Å². The number of benzene rings is 2. The Kier molecular flexibility index (Phi) is 4.58. The lowest BCUT2D eigenvalue weighted by atomic mass is 10.1. The van der Waals surface area contributed by atoms with Crippen LogP contribution in [-0.4, -0.2) is 34.6 Å². The SMILES string of the molecule is CCN(Cc1ccc2c(c1)OCCO2)Cc1nc2ccccc2c(=O)[nH]1. The molecule has 0 amide bonds. The largest absolute Gasteiger partial charge is 0.486 e. The predicted molar refractivity (Wildman–Crippen MR) is 99.6 cm³/mol. The van der Waals surface area contributed by atoms with Crippen LogP contribution in [0.1, 0.15) is 18.3 Å². The van der Waals surface area contributed by atoms with E-state index in [1.807, 2.05) is 36.4 Å². The van der Waals surface area contributed by atoms with Crippen molar-refractivity contribution in [1.29, 1.82) is 0 Å². The lowest BCUT2D eigenvalue weighted by Crippen LogP contribution is -2.25. The molecule has 0 aliphatic carbocycles. The van der Waals surface area contributed by atoms with Gasteiger partial charge in [-0.1, -0.05) is 25.1 Å². The second-order valence-electron chi connectivity index (χ2n) is 6.31. The summed E-state index contributed by atoms with van der Waals surface area (Å²) in [6, 6.07) is 13.4. The molecule has 1 N–H and O–H groups in total. The number of hydrogen-bond acceptors (Lipinski definition) is 5. The average Bonchev–Trinajstić information content (AvgIpc) is 2.67. The fraction of sp³-hybridized carbons (Fsp3) is 0.300. The molecule has 2 heterocycles. The number of rotatable bonds is 5. The molecule has 0 saturated heterocycles. The van der Waals surface area contributed by atoms with Crippen molar-refractivity contribution in [2.24, 2.45) is 0 Å². The van der Waals surface area contributed by atoms with E-state index in [0.29, 0.717) is 31.0 Å². The minimum atomic E-state index is -0.0963. The lowest BCUT2D eigenvalue weighted by Gasteiger charge is -2.22. The quantitative estimate of drug-likeness (QED) is 0.765. The van der Waals surface area contributed by atoms with E-state index < -0.39 is 0 Å². The first-order valence-electron chi connectivity index (χ1n) is 8.82. The minimum Gasteiger partial charge on any atom is -0.486 e. The number of para-hydroxylation sites is 1. The van der Waals surface area contributed by atoms with E-state index in [1.54, 1.807) is 6.07 Å². The zero-order valence-corrected chi connectivity index (χ0v) is 14.7. The summed E-state index contributed by atoms with van der Waals surface area (Å²) in [5.74, 6) is 2.26. The highest BCUT2D eigenvalue weighted by Crippen LogP contribution is 2.31. The average molecular weight is 351 g/mol. The molecule has 1 aliphatic rings. The molecule has 6 nitrogen and oxygen atoms in total. The van der Waals surface area contributed by atoms with Crippen LogP contribution in [0, 0.1) is 0 Å². The van der Waals surface area contributed by atoms with E-state index in [0.717, 1.165) is 35.7 Å². The highest BCUT2D eigenvalue weighted by atomic mass is 16.6. The van der Waals surface area contributed by atoms with Crippen LogP contribution in [0.2, 0.25) is 0 Å². The number of ether oxygens (including phenoxy) is 2. The van der Waals surface area contributed by atoms with Crippen molar-refractivity contribution in [3.63, 3.8) is 0 Å². The van der Waals surface area contributed by atoms with Crippen molar-refractivity contribution < 1.29 is 9.47 Å². The van der Waals surface area contributed by atoms with Crippen molar-refractivity contribution in [2.75, 3.05) is 19.8 Å². The molecular formula is C20H21N3O3. The summed E-state index contributed by atoms with van der Waals surface area (Å²) in [6.45, 7) is 5.42. The summed E-state index contributed by atoms with van der Waals surface area (Å²) in [6.07, 6.45) is 0. The predicted octanol–water partition coefficient (Wildman–Crippen LogP) is 2.72.